The molecule has 5 heteroatoms. The molecule has 0 radical (unpaired) electrons. The summed E-state index contributed by atoms with van der Waals surface area (Å²) in [6.07, 6.45) is 9.24. The molecule has 0 bridgehead atoms. The average molecular weight is 280 g/mol. The number of unbranched alkanes of at least 4 members (excludes halogenated alkanes) is 6. The van der Waals surface area contributed by atoms with Crippen molar-refractivity contribution in [1.82, 2.24) is 0 Å². The predicted molar refractivity (Wildman–Crippen MR) is 74.3 cm³/mol. The second-order valence-corrected chi connectivity index (χ2v) is 6.61. The third-order valence-electron chi connectivity index (χ3n) is 3.24. The Kier molecular flexibility index (Phi) is 10.7. The minimum atomic E-state index is -3.95. The van der Waals surface area contributed by atoms with Crippen molar-refractivity contribution in [3.8, 4) is 0 Å². The lowest BCUT2D eigenvalue weighted by molar-refractivity contribution is 0.281. The summed E-state index contributed by atoms with van der Waals surface area (Å²) in [5.41, 5.74) is 0. The predicted octanol–water partition coefficient (Wildman–Crippen LogP) is 3.16. The van der Waals surface area contributed by atoms with Gasteiger partial charge in [-0.15, -0.1) is 0 Å². The van der Waals surface area contributed by atoms with E-state index in [1.807, 2.05) is 0 Å². The van der Waals surface area contributed by atoms with Gasteiger partial charge in [-0.25, -0.2) is 0 Å². The fourth-order valence-electron chi connectivity index (χ4n) is 2.09. The first-order valence-corrected chi connectivity index (χ1v) is 8.59. The van der Waals surface area contributed by atoms with Crippen molar-refractivity contribution in [2.45, 2.75) is 76.4 Å². The Morgan fingerprint density at radius 3 is 1.89 bits per heavy atom. The molecule has 0 amide bonds. The molecule has 0 aliphatic heterocycles. The van der Waals surface area contributed by atoms with Gasteiger partial charge in [0.15, 0.2) is 0 Å². The molecular weight excluding hydrogens is 252 g/mol. The molecule has 110 valence electrons. The number of aliphatic hydroxyl groups excluding tert-OH is 1. The van der Waals surface area contributed by atoms with Crippen LogP contribution in [-0.4, -0.2) is 29.9 Å². The van der Waals surface area contributed by atoms with Crippen LogP contribution in [0.25, 0.3) is 0 Å². The van der Waals surface area contributed by atoms with E-state index in [-0.39, 0.29) is 6.61 Å². The standard InChI is InChI=1S/C13H28O4S/c1-2-3-4-5-6-7-8-10-13(11-9-12-14)18(15,16)17/h13-14H,2-12H2,1H3,(H,15,16,17). The smallest absolute Gasteiger partial charge is 0.267 e. The summed E-state index contributed by atoms with van der Waals surface area (Å²) in [6.45, 7) is 2.15. The van der Waals surface area contributed by atoms with E-state index >= 15 is 0 Å². The Morgan fingerprint density at radius 1 is 0.889 bits per heavy atom. The zero-order valence-electron chi connectivity index (χ0n) is 11.5. The Hall–Kier alpha value is -0.130. The van der Waals surface area contributed by atoms with E-state index in [4.69, 9.17) is 9.66 Å². The highest BCUT2D eigenvalue weighted by Crippen LogP contribution is 2.16. The lowest BCUT2D eigenvalue weighted by Gasteiger charge is -2.12. The van der Waals surface area contributed by atoms with Gasteiger partial charge < -0.3 is 5.11 Å². The maximum atomic E-state index is 11.1. The van der Waals surface area contributed by atoms with Gasteiger partial charge in [-0.05, 0) is 19.3 Å². The third-order valence-corrected chi connectivity index (χ3v) is 4.55. The van der Waals surface area contributed by atoms with Crippen LogP contribution in [-0.2, 0) is 10.1 Å². The molecule has 0 aliphatic rings. The number of aliphatic hydroxyl groups is 1. The highest BCUT2D eigenvalue weighted by atomic mass is 32.2. The first-order valence-electron chi connectivity index (χ1n) is 7.09. The topological polar surface area (TPSA) is 74.6 Å². The van der Waals surface area contributed by atoms with Gasteiger partial charge in [-0.3, -0.25) is 4.55 Å². The van der Waals surface area contributed by atoms with Crippen LogP contribution < -0.4 is 0 Å². The van der Waals surface area contributed by atoms with Crippen LogP contribution in [0.15, 0.2) is 0 Å². The van der Waals surface area contributed by atoms with E-state index in [2.05, 4.69) is 6.92 Å². The lowest BCUT2D eigenvalue weighted by Crippen LogP contribution is -2.20. The van der Waals surface area contributed by atoms with E-state index in [1.165, 1.54) is 25.7 Å². The van der Waals surface area contributed by atoms with Gasteiger partial charge in [0, 0.05) is 6.61 Å². The second-order valence-electron chi connectivity index (χ2n) is 4.91. The fourth-order valence-corrected chi connectivity index (χ4v) is 3.02. The van der Waals surface area contributed by atoms with Crippen molar-refractivity contribution in [1.29, 1.82) is 0 Å². The minimum absolute atomic E-state index is 0.0248. The van der Waals surface area contributed by atoms with E-state index in [1.54, 1.807) is 0 Å². The molecule has 18 heavy (non-hydrogen) atoms. The highest BCUT2D eigenvalue weighted by Gasteiger charge is 2.21. The molecule has 1 atom stereocenters. The summed E-state index contributed by atoms with van der Waals surface area (Å²) in [6, 6.07) is 0. The molecule has 0 aliphatic carbocycles. The van der Waals surface area contributed by atoms with Gasteiger partial charge >= 0.3 is 0 Å². The monoisotopic (exact) mass is 280 g/mol. The number of rotatable bonds is 12. The first-order chi connectivity index (χ1) is 8.52. The van der Waals surface area contributed by atoms with Gasteiger partial charge in [0.1, 0.15) is 0 Å². The zero-order valence-corrected chi connectivity index (χ0v) is 12.3. The largest absolute Gasteiger partial charge is 0.396 e. The molecule has 0 saturated heterocycles. The minimum Gasteiger partial charge on any atom is -0.396 e. The molecule has 1 unspecified atom stereocenters. The SMILES string of the molecule is CCCCCCCCCC(CCCO)S(=O)(=O)O. The molecule has 0 aromatic carbocycles. The molecule has 0 heterocycles. The van der Waals surface area contributed by atoms with E-state index < -0.39 is 15.4 Å². The van der Waals surface area contributed by atoms with Crippen LogP contribution in [0.3, 0.4) is 0 Å². The fraction of sp³-hybridized carbons (Fsp3) is 1.00. The van der Waals surface area contributed by atoms with Gasteiger partial charge in [-0.2, -0.15) is 8.42 Å². The summed E-state index contributed by atoms with van der Waals surface area (Å²) in [5.74, 6) is 0. The van der Waals surface area contributed by atoms with Crippen LogP contribution in [0, 0.1) is 0 Å². The van der Waals surface area contributed by atoms with Crippen molar-refractivity contribution in [3.63, 3.8) is 0 Å². The maximum Gasteiger partial charge on any atom is 0.267 e. The molecule has 0 aromatic heterocycles. The Balaban J connectivity index is 3.70. The van der Waals surface area contributed by atoms with Crippen LogP contribution in [0.4, 0.5) is 0 Å². The van der Waals surface area contributed by atoms with Crippen molar-refractivity contribution in [2.75, 3.05) is 6.61 Å². The van der Waals surface area contributed by atoms with Gasteiger partial charge in [-0.1, -0.05) is 51.9 Å². The summed E-state index contributed by atoms with van der Waals surface area (Å²) < 4.78 is 31.3. The number of hydrogen-bond donors (Lipinski definition) is 2. The summed E-state index contributed by atoms with van der Waals surface area (Å²) in [7, 11) is -3.95. The first kappa shape index (κ1) is 17.9. The molecule has 0 rings (SSSR count). The van der Waals surface area contributed by atoms with Gasteiger partial charge in [0.25, 0.3) is 10.1 Å². The Bertz CT molecular complexity index is 275. The molecule has 0 fully saturated rings. The lowest BCUT2D eigenvalue weighted by atomic mass is 10.1. The highest BCUT2D eigenvalue weighted by molar-refractivity contribution is 7.86. The normalized spacial score (nSPS) is 13.7. The molecule has 4 nitrogen and oxygen atoms in total. The van der Waals surface area contributed by atoms with E-state index in [9.17, 15) is 8.42 Å². The quantitative estimate of drug-likeness (QED) is 0.425. The molecule has 0 aromatic rings. The maximum absolute atomic E-state index is 11.1. The zero-order chi connectivity index (χ0) is 13.9. The van der Waals surface area contributed by atoms with Crippen LogP contribution in [0.5, 0.6) is 0 Å². The van der Waals surface area contributed by atoms with Gasteiger partial charge in [0.05, 0.1) is 5.25 Å². The van der Waals surface area contributed by atoms with Crippen molar-refractivity contribution >= 4 is 10.1 Å². The summed E-state index contributed by atoms with van der Waals surface area (Å²) >= 11 is 0. The van der Waals surface area contributed by atoms with Crippen LogP contribution in [0.2, 0.25) is 0 Å². The van der Waals surface area contributed by atoms with E-state index in [0.29, 0.717) is 19.3 Å². The van der Waals surface area contributed by atoms with Crippen LogP contribution in [0.1, 0.15) is 71.1 Å². The van der Waals surface area contributed by atoms with Crippen molar-refractivity contribution in [3.05, 3.63) is 0 Å². The molecular formula is C13H28O4S. The molecule has 0 saturated carbocycles. The summed E-state index contributed by atoms with van der Waals surface area (Å²) in [5, 5.41) is 8.00. The summed E-state index contributed by atoms with van der Waals surface area (Å²) in [4.78, 5) is 0. The Morgan fingerprint density at radius 2 is 1.39 bits per heavy atom. The number of hydrogen-bond acceptors (Lipinski definition) is 3. The van der Waals surface area contributed by atoms with Crippen LogP contribution >= 0.6 is 0 Å². The Labute approximate surface area is 112 Å². The van der Waals surface area contributed by atoms with Gasteiger partial charge in [0.2, 0.25) is 0 Å². The third kappa shape index (κ3) is 9.85. The van der Waals surface area contributed by atoms with Crippen molar-refractivity contribution < 1.29 is 18.1 Å². The van der Waals surface area contributed by atoms with E-state index in [0.717, 1.165) is 19.3 Å². The second kappa shape index (κ2) is 10.8. The average Bonchev–Trinajstić information content (AvgIpc) is 2.30. The molecule has 2 N–H and O–H groups in total. The van der Waals surface area contributed by atoms with Crippen molar-refractivity contribution in [2.24, 2.45) is 0 Å². The molecule has 0 spiro atoms.